The zero-order valence-corrected chi connectivity index (χ0v) is 21.6. The fourth-order valence-electron chi connectivity index (χ4n) is 5.57. The monoisotopic (exact) mass is 508 g/mol. The third kappa shape index (κ3) is 3.61. The van der Waals surface area contributed by atoms with Crippen LogP contribution in [0.1, 0.15) is 16.7 Å². The highest BCUT2D eigenvalue weighted by molar-refractivity contribution is 7.85. The number of hydrogen-bond donors (Lipinski definition) is 0. The van der Waals surface area contributed by atoms with Crippen LogP contribution in [-0.2, 0) is 11.0 Å². The smallest absolute Gasteiger partial charge is 0.171 e. The third-order valence-corrected chi connectivity index (χ3v) is 10.5. The Balaban J connectivity index is 1.39. The van der Waals surface area contributed by atoms with E-state index in [0.717, 1.165) is 61.3 Å². The van der Waals surface area contributed by atoms with E-state index in [-0.39, 0.29) is 0 Å². The summed E-state index contributed by atoms with van der Waals surface area (Å²) in [6.45, 7) is 0. The van der Waals surface area contributed by atoms with Gasteiger partial charge in [0.25, 0.3) is 0 Å². The Kier molecular flexibility index (Phi) is 5.50. The number of benzene rings is 5. The summed E-state index contributed by atoms with van der Waals surface area (Å²) < 4.78 is 21.3. The van der Waals surface area contributed by atoms with Crippen LogP contribution >= 0.6 is 7.14 Å². The molecule has 0 radical (unpaired) electrons. The lowest BCUT2D eigenvalue weighted by Crippen LogP contribution is -2.24. The zero-order valence-electron chi connectivity index (χ0n) is 20.7. The van der Waals surface area contributed by atoms with Crippen molar-refractivity contribution in [3.63, 3.8) is 0 Å². The average molecular weight is 509 g/mol. The largest absolute Gasteiger partial charge is 0.455 e. The summed E-state index contributed by atoms with van der Waals surface area (Å²) >= 11 is 0. The predicted molar refractivity (Wildman–Crippen MR) is 158 cm³/mol. The fourth-order valence-corrected chi connectivity index (χ4v) is 8.22. The molecule has 3 heteroatoms. The Bertz CT molecular complexity index is 1800. The van der Waals surface area contributed by atoms with E-state index >= 15 is 0 Å². The summed E-state index contributed by atoms with van der Waals surface area (Å²) in [5.74, 6) is 0.911. The summed E-state index contributed by atoms with van der Waals surface area (Å²) in [6.07, 6.45) is 3.12. The molecule has 0 saturated carbocycles. The van der Waals surface area contributed by atoms with Crippen LogP contribution in [0, 0.1) is 0 Å². The molecule has 1 aromatic heterocycles. The Morgan fingerprint density at radius 1 is 0.579 bits per heavy atom. The fraction of sp³-hybridized carbons (Fsp3) is 0.0286. The molecular weight excluding hydrogens is 483 g/mol. The standard InChI is InChI=1S/C35H25O2P/c36-38(27-12-3-1-4-13-27,28-14-5-2-6-15-28)29-22-19-26(20-23-29)30-24-21-25-11-7-8-16-31(25)35-34(30)32-17-9-10-18-33(32)37-35/h1-20,22-24H,21H2. The van der Waals surface area contributed by atoms with Gasteiger partial charge in [0, 0.05) is 32.4 Å². The summed E-state index contributed by atoms with van der Waals surface area (Å²) in [6, 6.07) is 44.6. The molecule has 1 aliphatic rings. The van der Waals surface area contributed by atoms with Crippen molar-refractivity contribution < 1.29 is 8.98 Å². The maximum absolute atomic E-state index is 14.8. The van der Waals surface area contributed by atoms with Crippen LogP contribution in [0.25, 0.3) is 27.9 Å². The third-order valence-electron chi connectivity index (χ3n) is 7.43. The second-order valence-electron chi connectivity index (χ2n) is 9.61. The molecule has 0 amide bonds. The lowest BCUT2D eigenvalue weighted by molar-refractivity contribution is 0.592. The topological polar surface area (TPSA) is 30.2 Å². The minimum absolute atomic E-state index is 0.818. The molecule has 38 heavy (non-hydrogen) atoms. The number of furan rings is 1. The highest BCUT2D eigenvalue weighted by Crippen LogP contribution is 2.45. The maximum Gasteiger partial charge on any atom is 0.171 e. The molecule has 7 rings (SSSR count). The summed E-state index contributed by atoms with van der Waals surface area (Å²) in [5.41, 5.74) is 6.61. The molecule has 2 nitrogen and oxygen atoms in total. The second kappa shape index (κ2) is 9.17. The molecule has 0 unspecified atom stereocenters. The highest BCUT2D eigenvalue weighted by Gasteiger charge is 2.30. The van der Waals surface area contributed by atoms with Crippen LogP contribution in [0.4, 0.5) is 0 Å². The predicted octanol–water partition coefficient (Wildman–Crippen LogP) is 7.73. The highest BCUT2D eigenvalue weighted by atomic mass is 31.2. The molecular formula is C35H25O2P. The minimum Gasteiger partial charge on any atom is -0.455 e. The number of rotatable bonds is 4. The van der Waals surface area contributed by atoms with Gasteiger partial charge in [0.15, 0.2) is 7.14 Å². The van der Waals surface area contributed by atoms with E-state index in [1.165, 1.54) is 5.56 Å². The molecule has 6 aromatic rings. The van der Waals surface area contributed by atoms with Gasteiger partial charge in [-0.25, -0.2) is 0 Å². The molecule has 0 N–H and O–H groups in total. The van der Waals surface area contributed by atoms with Crippen molar-refractivity contribution in [2.45, 2.75) is 6.42 Å². The molecule has 0 aliphatic heterocycles. The van der Waals surface area contributed by atoms with Crippen LogP contribution in [0.3, 0.4) is 0 Å². The van der Waals surface area contributed by atoms with Gasteiger partial charge in [0.2, 0.25) is 0 Å². The first-order valence-corrected chi connectivity index (χ1v) is 14.6. The molecule has 182 valence electrons. The second-order valence-corrected chi connectivity index (χ2v) is 12.4. The van der Waals surface area contributed by atoms with Gasteiger partial charge in [-0.05, 0) is 29.2 Å². The van der Waals surface area contributed by atoms with Gasteiger partial charge in [-0.3, -0.25) is 0 Å². The minimum atomic E-state index is -3.02. The van der Waals surface area contributed by atoms with Crippen molar-refractivity contribution in [1.29, 1.82) is 0 Å². The van der Waals surface area contributed by atoms with E-state index in [1.807, 2.05) is 84.9 Å². The van der Waals surface area contributed by atoms with Gasteiger partial charge in [0.1, 0.15) is 11.3 Å². The van der Waals surface area contributed by atoms with Crippen molar-refractivity contribution in [1.82, 2.24) is 0 Å². The van der Waals surface area contributed by atoms with Gasteiger partial charge in [-0.1, -0.05) is 133 Å². The molecule has 0 bridgehead atoms. The Labute approximate surface area is 222 Å². The van der Waals surface area contributed by atoms with E-state index < -0.39 is 7.14 Å². The lowest BCUT2D eigenvalue weighted by Gasteiger charge is -2.20. The van der Waals surface area contributed by atoms with E-state index in [9.17, 15) is 4.57 Å². The lowest BCUT2D eigenvalue weighted by atomic mass is 9.94. The van der Waals surface area contributed by atoms with Crippen LogP contribution in [0.5, 0.6) is 0 Å². The molecule has 0 fully saturated rings. The Hall–Kier alpha value is -4.39. The van der Waals surface area contributed by atoms with E-state index in [2.05, 4.69) is 54.6 Å². The van der Waals surface area contributed by atoms with Crippen molar-refractivity contribution in [3.8, 4) is 11.3 Å². The van der Waals surface area contributed by atoms with Gasteiger partial charge in [0.05, 0.1) is 0 Å². The van der Waals surface area contributed by atoms with E-state index in [4.69, 9.17) is 4.42 Å². The van der Waals surface area contributed by atoms with Crippen LogP contribution < -0.4 is 15.9 Å². The number of fused-ring (bicyclic) bond motifs is 5. The molecule has 1 aliphatic carbocycles. The number of allylic oxidation sites excluding steroid dienone is 1. The zero-order chi connectivity index (χ0) is 25.5. The van der Waals surface area contributed by atoms with E-state index in [0.29, 0.717) is 0 Å². The number of para-hydroxylation sites is 1. The molecule has 1 heterocycles. The maximum atomic E-state index is 14.8. The van der Waals surface area contributed by atoms with Crippen LogP contribution in [-0.4, -0.2) is 0 Å². The molecule has 0 spiro atoms. The average Bonchev–Trinajstić information content (AvgIpc) is 3.29. The summed E-state index contributed by atoms with van der Waals surface area (Å²) in [7, 11) is -3.02. The van der Waals surface area contributed by atoms with Crippen molar-refractivity contribution in [2.24, 2.45) is 0 Å². The van der Waals surface area contributed by atoms with Gasteiger partial charge >= 0.3 is 0 Å². The van der Waals surface area contributed by atoms with Crippen LogP contribution in [0.15, 0.2) is 144 Å². The van der Waals surface area contributed by atoms with Gasteiger partial charge in [-0.2, -0.15) is 0 Å². The summed E-state index contributed by atoms with van der Waals surface area (Å²) in [5, 5.41) is 3.61. The SMILES string of the molecule is O=P(c1ccccc1)(c1ccccc1)c1ccc(C2=CCc3ccccc3-c3oc4ccccc4c32)cc1. The van der Waals surface area contributed by atoms with Crippen molar-refractivity contribution in [3.05, 3.63) is 156 Å². The van der Waals surface area contributed by atoms with E-state index in [1.54, 1.807) is 0 Å². The normalized spacial score (nSPS) is 12.9. The first-order valence-electron chi connectivity index (χ1n) is 12.9. The Morgan fingerprint density at radius 3 is 1.87 bits per heavy atom. The van der Waals surface area contributed by atoms with Gasteiger partial charge < -0.3 is 8.98 Å². The van der Waals surface area contributed by atoms with Crippen molar-refractivity contribution >= 4 is 39.6 Å². The summed E-state index contributed by atoms with van der Waals surface area (Å²) in [4.78, 5) is 0. The molecule has 0 saturated heterocycles. The van der Waals surface area contributed by atoms with Gasteiger partial charge in [-0.15, -0.1) is 0 Å². The van der Waals surface area contributed by atoms with Crippen LogP contribution in [0.2, 0.25) is 0 Å². The quantitative estimate of drug-likeness (QED) is 0.228. The molecule has 0 atom stereocenters. The first kappa shape index (κ1) is 22.8. The Morgan fingerprint density at radius 2 is 1.16 bits per heavy atom. The number of hydrogen-bond acceptors (Lipinski definition) is 2. The first-order chi connectivity index (χ1) is 18.7. The molecule has 5 aromatic carbocycles. The van der Waals surface area contributed by atoms with Crippen molar-refractivity contribution in [2.75, 3.05) is 0 Å².